The zero-order valence-corrected chi connectivity index (χ0v) is 12.8. The summed E-state index contributed by atoms with van der Waals surface area (Å²) in [6.07, 6.45) is 13.8. The van der Waals surface area contributed by atoms with Gasteiger partial charge in [-0.1, -0.05) is 57.8 Å². The van der Waals surface area contributed by atoms with Crippen molar-refractivity contribution in [1.82, 2.24) is 9.55 Å². The van der Waals surface area contributed by atoms with Gasteiger partial charge < -0.3 is 4.57 Å². The lowest BCUT2D eigenvalue weighted by atomic mass is 10.1. The molecule has 2 heteroatoms. The summed E-state index contributed by atoms with van der Waals surface area (Å²) in [5, 5.41) is 0. The second kappa shape index (κ2) is 9.67. The molecule has 0 N–H and O–H groups in total. The van der Waals surface area contributed by atoms with E-state index in [9.17, 15) is 0 Å². The van der Waals surface area contributed by atoms with E-state index in [1.165, 1.54) is 51.4 Å². The van der Waals surface area contributed by atoms with Crippen LogP contribution in [-0.2, 0) is 7.05 Å². The highest BCUT2D eigenvalue weighted by molar-refractivity contribution is 5.27. The number of unbranched alkanes of at least 4 members (excludes halogenated alkanes) is 8. The van der Waals surface area contributed by atoms with Crippen LogP contribution < -0.4 is 0 Å². The minimum atomic E-state index is 1.01. The van der Waals surface area contributed by atoms with Crippen LogP contribution in [0.3, 0.4) is 0 Å². The Balaban J connectivity index is 2.04. The van der Waals surface area contributed by atoms with Gasteiger partial charge in [0.15, 0.2) is 0 Å². The van der Waals surface area contributed by atoms with E-state index >= 15 is 0 Å². The quantitative estimate of drug-likeness (QED) is 0.493. The summed E-state index contributed by atoms with van der Waals surface area (Å²) in [5.41, 5.74) is 1.03. The van der Waals surface area contributed by atoms with Gasteiger partial charge in [-0.05, 0) is 19.3 Å². The fourth-order valence-corrected chi connectivity index (χ4v) is 2.12. The molecule has 0 amide bonds. The predicted molar refractivity (Wildman–Crippen MR) is 82.1 cm³/mol. The summed E-state index contributed by atoms with van der Waals surface area (Å²) in [5.74, 6) is 7.48. The highest BCUT2D eigenvalue weighted by Gasteiger charge is 1.97. The molecule has 0 bridgehead atoms. The van der Waals surface area contributed by atoms with Crippen molar-refractivity contribution in [2.75, 3.05) is 0 Å². The molecule has 0 aliphatic heterocycles. The van der Waals surface area contributed by atoms with Crippen molar-refractivity contribution in [2.45, 2.75) is 71.6 Å². The maximum atomic E-state index is 4.24. The van der Waals surface area contributed by atoms with E-state index in [1.54, 1.807) is 0 Å². The molecule has 0 aliphatic rings. The first-order valence-electron chi connectivity index (χ1n) is 7.73. The smallest absolute Gasteiger partial charge is 0.112 e. The maximum absolute atomic E-state index is 4.24. The van der Waals surface area contributed by atoms with Gasteiger partial charge in [-0.2, -0.15) is 0 Å². The first-order chi connectivity index (χ1) is 9.25. The van der Waals surface area contributed by atoms with E-state index in [2.05, 4.69) is 23.7 Å². The number of hydrogen-bond donors (Lipinski definition) is 0. The number of rotatable bonds is 8. The van der Waals surface area contributed by atoms with Gasteiger partial charge in [0.05, 0.1) is 6.20 Å². The van der Waals surface area contributed by atoms with Gasteiger partial charge in [0.1, 0.15) is 11.5 Å². The Labute approximate surface area is 118 Å². The third-order valence-corrected chi connectivity index (χ3v) is 3.59. The molecular formula is C17H28N2. The average Bonchev–Trinajstić information content (AvgIpc) is 2.73. The molecule has 0 spiro atoms. The minimum absolute atomic E-state index is 1.01. The Morgan fingerprint density at radius 3 is 2.26 bits per heavy atom. The Bertz CT molecular complexity index is 407. The van der Waals surface area contributed by atoms with Gasteiger partial charge in [-0.25, -0.2) is 4.98 Å². The molecule has 0 saturated heterocycles. The predicted octanol–water partition coefficient (Wildman–Crippen LogP) is 4.61. The first-order valence-corrected chi connectivity index (χ1v) is 7.73. The molecule has 0 radical (unpaired) electrons. The standard InChI is InChI=1S/C17H28N2/c1-4-5-6-7-8-9-10-11-12-13-14-17-15-18-16(2)19(17)3/h15H,4-12H2,1-3H3. The molecule has 0 unspecified atom stereocenters. The van der Waals surface area contributed by atoms with E-state index in [1.807, 2.05) is 24.7 Å². The second-order valence-electron chi connectivity index (χ2n) is 5.28. The van der Waals surface area contributed by atoms with Crippen LogP contribution in [0.4, 0.5) is 0 Å². The summed E-state index contributed by atoms with van der Waals surface area (Å²) in [6.45, 7) is 4.27. The van der Waals surface area contributed by atoms with E-state index in [0.29, 0.717) is 0 Å². The number of imidazole rings is 1. The molecule has 1 heterocycles. The van der Waals surface area contributed by atoms with Crippen LogP contribution in [0.2, 0.25) is 0 Å². The van der Waals surface area contributed by atoms with Crippen LogP contribution in [-0.4, -0.2) is 9.55 Å². The van der Waals surface area contributed by atoms with Crippen molar-refractivity contribution in [1.29, 1.82) is 0 Å². The van der Waals surface area contributed by atoms with E-state index < -0.39 is 0 Å². The Morgan fingerprint density at radius 1 is 1.05 bits per heavy atom. The molecule has 0 fully saturated rings. The van der Waals surface area contributed by atoms with E-state index in [4.69, 9.17) is 0 Å². The van der Waals surface area contributed by atoms with Gasteiger partial charge in [-0.3, -0.25) is 0 Å². The monoisotopic (exact) mass is 260 g/mol. The number of aryl methyl sites for hydroxylation is 1. The Kier molecular flexibility index (Phi) is 8.05. The SMILES string of the molecule is CCCCCCCCCCC#Cc1cnc(C)n1C. The number of hydrogen-bond acceptors (Lipinski definition) is 1. The summed E-state index contributed by atoms with van der Waals surface area (Å²) in [4.78, 5) is 4.24. The van der Waals surface area contributed by atoms with Crippen LogP contribution in [0.15, 0.2) is 6.20 Å². The van der Waals surface area contributed by atoms with Crippen LogP contribution >= 0.6 is 0 Å². The molecule has 2 nitrogen and oxygen atoms in total. The lowest BCUT2D eigenvalue weighted by Gasteiger charge is -1.99. The summed E-state index contributed by atoms with van der Waals surface area (Å²) < 4.78 is 2.04. The molecule has 0 atom stereocenters. The molecule has 1 rings (SSSR count). The fourth-order valence-electron chi connectivity index (χ4n) is 2.12. The van der Waals surface area contributed by atoms with Gasteiger partial charge >= 0.3 is 0 Å². The number of aromatic nitrogens is 2. The fraction of sp³-hybridized carbons (Fsp3) is 0.706. The molecular weight excluding hydrogens is 232 g/mol. The Hall–Kier alpha value is -1.23. The van der Waals surface area contributed by atoms with Gasteiger partial charge in [-0.15, -0.1) is 0 Å². The zero-order chi connectivity index (χ0) is 13.9. The normalized spacial score (nSPS) is 10.3. The number of nitrogens with zero attached hydrogens (tertiary/aromatic N) is 2. The van der Waals surface area contributed by atoms with Crippen molar-refractivity contribution < 1.29 is 0 Å². The summed E-state index contributed by atoms with van der Waals surface area (Å²) in [6, 6.07) is 0. The van der Waals surface area contributed by atoms with Crippen LogP contribution in [0.1, 0.15) is 76.2 Å². The lowest BCUT2D eigenvalue weighted by molar-refractivity contribution is 0.579. The molecule has 1 aromatic rings. The van der Waals surface area contributed by atoms with Crippen molar-refractivity contribution >= 4 is 0 Å². The first kappa shape index (κ1) is 15.8. The largest absolute Gasteiger partial charge is 0.325 e. The highest BCUT2D eigenvalue weighted by atomic mass is 15.0. The van der Waals surface area contributed by atoms with E-state index in [-0.39, 0.29) is 0 Å². The highest BCUT2D eigenvalue weighted by Crippen LogP contribution is 2.09. The van der Waals surface area contributed by atoms with Crippen molar-refractivity contribution in [3.05, 3.63) is 17.7 Å². The molecule has 19 heavy (non-hydrogen) atoms. The minimum Gasteiger partial charge on any atom is -0.325 e. The zero-order valence-electron chi connectivity index (χ0n) is 12.8. The van der Waals surface area contributed by atoms with Crippen LogP contribution in [0.25, 0.3) is 0 Å². The van der Waals surface area contributed by atoms with Crippen molar-refractivity contribution in [3.8, 4) is 11.8 Å². The van der Waals surface area contributed by atoms with Gasteiger partial charge in [0.2, 0.25) is 0 Å². The molecule has 1 aromatic heterocycles. The van der Waals surface area contributed by atoms with E-state index in [0.717, 1.165) is 17.9 Å². The third kappa shape index (κ3) is 6.47. The molecule has 106 valence electrons. The van der Waals surface area contributed by atoms with Gasteiger partial charge in [0.25, 0.3) is 0 Å². The van der Waals surface area contributed by atoms with Crippen molar-refractivity contribution in [3.63, 3.8) is 0 Å². The van der Waals surface area contributed by atoms with Crippen molar-refractivity contribution in [2.24, 2.45) is 7.05 Å². The van der Waals surface area contributed by atoms with Crippen LogP contribution in [0, 0.1) is 18.8 Å². The molecule has 0 saturated carbocycles. The maximum Gasteiger partial charge on any atom is 0.112 e. The molecule has 0 aliphatic carbocycles. The average molecular weight is 260 g/mol. The molecule has 0 aromatic carbocycles. The summed E-state index contributed by atoms with van der Waals surface area (Å²) in [7, 11) is 2.02. The topological polar surface area (TPSA) is 17.8 Å². The van der Waals surface area contributed by atoms with Crippen LogP contribution in [0.5, 0.6) is 0 Å². The second-order valence-corrected chi connectivity index (χ2v) is 5.28. The third-order valence-electron chi connectivity index (χ3n) is 3.59. The summed E-state index contributed by atoms with van der Waals surface area (Å²) >= 11 is 0. The van der Waals surface area contributed by atoms with Gasteiger partial charge in [0, 0.05) is 13.5 Å². The lowest BCUT2D eigenvalue weighted by Crippen LogP contribution is -1.93. The Morgan fingerprint density at radius 2 is 1.68 bits per heavy atom.